The molecule has 6 atom stereocenters. The molecule has 0 aliphatic carbocycles. The largest absolute Gasteiger partial charge is 0.394 e. The van der Waals surface area contributed by atoms with Crippen LogP contribution in [-0.2, 0) is 9.53 Å². The van der Waals surface area contributed by atoms with E-state index in [0.717, 1.165) is 0 Å². The highest BCUT2D eigenvalue weighted by atomic mass is 16.5. The second-order valence-electron chi connectivity index (χ2n) is 4.92. The molecule has 0 aromatic heterocycles. The van der Waals surface area contributed by atoms with Gasteiger partial charge in [0.2, 0.25) is 5.91 Å². The second-order valence-corrected chi connectivity index (χ2v) is 4.92. The average molecular weight is 293 g/mol. The van der Waals surface area contributed by atoms with Crippen LogP contribution in [0.1, 0.15) is 19.8 Å². The molecule has 1 fully saturated rings. The number of aliphatic hydroxyl groups excluding tert-OH is 5. The molecule has 0 radical (unpaired) electrons. The first-order valence-corrected chi connectivity index (χ1v) is 6.68. The van der Waals surface area contributed by atoms with Crippen LogP contribution in [0.25, 0.3) is 0 Å². The lowest BCUT2D eigenvalue weighted by Gasteiger charge is -2.40. The van der Waals surface area contributed by atoms with Gasteiger partial charge in [0, 0.05) is 6.54 Å². The van der Waals surface area contributed by atoms with Crippen molar-refractivity contribution in [2.45, 2.75) is 56.4 Å². The predicted octanol–water partition coefficient (Wildman–Crippen LogP) is -2.89. The second kappa shape index (κ2) is 7.87. The number of hydrogen-bond donors (Lipinski definition) is 6. The summed E-state index contributed by atoms with van der Waals surface area (Å²) in [5, 5.41) is 49.8. The molecular weight excluding hydrogens is 270 g/mol. The Balaban J connectivity index is 2.52. The maximum Gasteiger partial charge on any atom is 0.248 e. The summed E-state index contributed by atoms with van der Waals surface area (Å²) in [5.41, 5.74) is 0. The molecule has 1 saturated heterocycles. The van der Waals surface area contributed by atoms with Crippen LogP contribution in [0.15, 0.2) is 0 Å². The quantitative estimate of drug-likeness (QED) is 0.309. The molecule has 0 bridgehead atoms. The van der Waals surface area contributed by atoms with E-state index in [9.17, 15) is 25.2 Å². The molecule has 1 rings (SSSR count). The first-order chi connectivity index (χ1) is 9.42. The molecule has 1 heterocycles. The van der Waals surface area contributed by atoms with Crippen molar-refractivity contribution in [1.82, 2.24) is 5.32 Å². The molecule has 20 heavy (non-hydrogen) atoms. The van der Waals surface area contributed by atoms with Crippen molar-refractivity contribution < 1.29 is 35.1 Å². The summed E-state index contributed by atoms with van der Waals surface area (Å²) in [5.74, 6) is -0.594. The molecule has 8 nitrogen and oxygen atoms in total. The summed E-state index contributed by atoms with van der Waals surface area (Å²) < 4.78 is 5.21. The predicted molar refractivity (Wildman–Crippen MR) is 67.7 cm³/mol. The molecular formula is C12H23NO7. The lowest BCUT2D eigenvalue weighted by Crippen LogP contribution is -2.61. The van der Waals surface area contributed by atoms with Crippen LogP contribution in [-0.4, -0.2) is 81.2 Å². The van der Waals surface area contributed by atoms with Gasteiger partial charge in [-0.3, -0.25) is 4.79 Å². The smallest absolute Gasteiger partial charge is 0.248 e. The summed E-state index contributed by atoms with van der Waals surface area (Å²) >= 11 is 0. The third kappa shape index (κ3) is 4.11. The van der Waals surface area contributed by atoms with Crippen molar-refractivity contribution in [2.24, 2.45) is 0 Å². The Hall–Kier alpha value is -0.770. The molecule has 8 heteroatoms. The molecule has 1 amide bonds. The van der Waals surface area contributed by atoms with E-state index in [4.69, 9.17) is 9.84 Å². The summed E-state index contributed by atoms with van der Waals surface area (Å²) in [4.78, 5) is 11.5. The Morgan fingerprint density at radius 1 is 1.20 bits per heavy atom. The fraction of sp³-hybridized carbons (Fsp3) is 0.917. The highest BCUT2D eigenvalue weighted by Gasteiger charge is 2.43. The van der Waals surface area contributed by atoms with Gasteiger partial charge in [0.25, 0.3) is 0 Å². The maximum absolute atomic E-state index is 11.5. The Kier molecular flexibility index (Phi) is 6.80. The summed E-state index contributed by atoms with van der Waals surface area (Å²) in [7, 11) is 0. The van der Waals surface area contributed by atoms with Gasteiger partial charge in [-0.1, -0.05) is 13.3 Å². The Bertz CT molecular complexity index is 312. The first kappa shape index (κ1) is 17.3. The molecule has 118 valence electrons. The number of carbonyl (C=O) groups excluding carboxylic acids is 1. The summed E-state index contributed by atoms with van der Waals surface area (Å²) in [6, 6.07) is 0. The number of nitrogens with one attached hydrogen (secondary N) is 1. The van der Waals surface area contributed by atoms with Gasteiger partial charge in [-0.15, -0.1) is 0 Å². The minimum Gasteiger partial charge on any atom is -0.394 e. The van der Waals surface area contributed by atoms with Crippen molar-refractivity contribution in [3.05, 3.63) is 0 Å². The van der Waals surface area contributed by atoms with E-state index >= 15 is 0 Å². The van der Waals surface area contributed by atoms with E-state index in [1.54, 1.807) is 0 Å². The highest BCUT2D eigenvalue weighted by Crippen LogP contribution is 2.20. The molecule has 0 aromatic carbocycles. The normalized spacial score (nSPS) is 35.6. The SMILES string of the molecule is CCCC(O)C(=O)NCC1O[C@H](CO)[C@H](O)[C@H](O)[C@H]1O. The van der Waals surface area contributed by atoms with Gasteiger partial charge in [-0.25, -0.2) is 0 Å². The van der Waals surface area contributed by atoms with Gasteiger partial charge in [0.15, 0.2) is 0 Å². The highest BCUT2D eigenvalue weighted by molar-refractivity contribution is 5.80. The topological polar surface area (TPSA) is 139 Å². The van der Waals surface area contributed by atoms with Crippen LogP contribution >= 0.6 is 0 Å². The van der Waals surface area contributed by atoms with E-state index < -0.39 is 49.1 Å². The molecule has 0 aromatic rings. The number of amides is 1. The molecule has 0 spiro atoms. The third-order valence-electron chi connectivity index (χ3n) is 3.33. The molecule has 1 aliphatic rings. The summed E-state index contributed by atoms with van der Waals surface area (Å²) in [6.45, 7) is 1.17. The van der Waals surface area contributed by atoms with E-state index in [1.165, 1.54) is 0 Å². The average Bonchev–Trinajstić information content (AvgIpc) is 2.44. The summed E-state index contributed by atoms with van der Waals surface area (Å²) in [6.07, 6.45) is -6.42. The third-order valence-corrected chi connectivity index (χ3v) is 3.33. The van der Waals surface area contributed by atoms with Crippen LogP contribution in [0.2, 0.25) is 0 Å². The molecule has 6 N–H and O–H groups in total. The lowest BCUT2D eigenvalue weighted by atomic mass is 9.95. The van der Waals surface area contributed by atoms with Gasteiger partial charge in [0.1, 0.15) is 36.6 Å². The van der Waals surface area contributed by atoms with Crippen molar-refractivity contribution in [1.29, 1.82) is 0 Å². The minimum absolute atomic E-state index is 0.138. The minimum atomic E-state index is -1.47. The van der Waals surface area contributed by atoms with Crippen LogP contribution < -0.4 is 5.32 Å². The van der Waals surface area contributed by atoms with Crippen LogP contribution in [0, 0.1) is 0 Å². The van der Waals surface area contributed by atoms with Crippen molar-refractivity contribution in [3.63, 3.8) is 0 Å². The lowest BCUT2D eigenvalue weighted by molar-refractivity contribution is -0.227. The molecule has 1 aliphatic heterocycles. The zero-order valence-corrected chi connectivity index (χ0v) is 11.3. The van der Waals surface area contributed by atoms with Gasteiger partial charge >= 0.3 is 0 Å². The zero-order valence-electron chi connectivity index (χ0n) is 11.3. The van der Waals surface area contributed by atoms with Gasteiger partial charge < -0.3 is 35.6 Å². The monoisotopic (exact) mass is 293 g/mol. The maximum atomic E-state index is 11.5. The Labute approximate surface area is 117 Å². The zero-order chi connectivity index (χ0) is 15.3. The van der Waals surface area contributed by atoms with E-state index in [0.29, 0.717) is 12.8 Å². The van der Waals surface area contributed by atoms with Crippen molar-refractivity contribution >= 4 is 5.91 Å². The fourth-order valence-corrected chi connectivity index (χ4v) is 2.07. The van der Waals surface area contributed by atoms with Crippen molar-refractivity contribution in [2.75, 3.05) is 13.2 Å². The number of rotatable bonds is 6. The number of carbonyl (C=O) groups is 1. The van der Waals surface area contributed by atoms with Crippen LogP contribution in [0.3, 0.4) is 0 Å². The van der Waals surface area contributed by atoms with Crippen LogP contribution in [0.4, 0.5) is 0 Å². The molecule has 2 unspecified atom stereocenters. The fourth-order valence-electron chi connectivity index (χ4n) is 2.07. The van der Waals surface area contributed by atoms with Crippen LogP contribution in [0.5, 0.6) is 0 Å². The Morgan fingerprint density at radius 2 is 1.80 bits per heavy atom. The Morgan fingerprint density at radius 3 is 2.35 bits per heavy atom. The van der Waals surface area contributed by atoms with E-state index in [-0.39, 0.29) is 6.54 Å². The number of ether oxygens (including phenoxy) is 1. The van der Waals surface area contributed by atoms with Gasteiger partial charge in [0.05, 0.1) is 6.61 Å². The van der Waals surface area contributed by atoms with Crippen molar-refractivity contribution in [3.8, 4) is 0 Å². The van der Waals surface area contributed by atoms with E-state index in [1.807, 2.05) is 6.92 Å². The number of hydrogen-bond acceptors (Lipinski definition) is 7. The van der Waals surface area contributed by atoms with E-state index in [2.05, 4.69) is 5.32 Å². The number of aliphatic hydroxyl groups is 5. The van der Waals surface area contributed by atoms with Gasteiger partial charge in [-0.2, -0.15) is 0 Å². The molecule has 0 saturated carbocycles. The van der Waals surface area contributed by atoms with Gasteiger partial charge in [-0.05, 0) is 6.42 Å². The first-order valence-electron chi connectivity index (χ1n) is 6.68. The standard InChI is InChI=1S/C12H23NO7/c1-2-3-6(15)12(19)13-4-7-9(16)11(18)10(17)8(5-14)20-7/h6-11,14-18H,2-5H2,1H3,(H,13,19)/t6?,7?,8-,9+,10+,11-/m1/s1.